The Morgan fingerprint density at radius 1 is 1.21 bits per heavy atom. The summed E-state index contributed by atoms with van der Waals surface area (Å²) < 4.78 is 29.0. The minimum absolute atomic E-state index is 0.0485. The molecule has 0 bridgehead atoms. The Balaban J connectivity index is 2.64. The van der Waals surface area contributed by atoms with E-state index in [4.69, 9.17) is 0 Å². The first-order valence-corrected chi connectivity index (χ1v) is 6.00. The van der Waals surface area contributed by atoms with Crippen molar-refractivity contribution in [3.05, 3.63) is 41.0 Å². The smallest absolute Gasteiger partial charge is 0.152 e. The van der Waals surface area contributed by atoms with E-state index >= 15 is 0 Å². The van der Waals surface area contributed by atoms with Crippen LogP contribution in [-0.2, 0) is 12.8 Å². The quantitative estimate of drug-likeness (QED) is 0.798. The second-order valence-electron chi connectivity index (χ2n) is 4.01. The van der Waals surface area contributed by atoms with Gasteiger partial charge < -0.3 is 0 Å². The molecule has 0 aliphatic rings. The van der Waals surface area contributed by atoms with Crippen LogP contribution >= 0.6 is 0 Å². The first kappa shape index (κ1) is 13.3. The van der Waals surface area contributed by atoms with Gasteiger partial charge in [0.25, 0.3) is 0 Å². The van der Waals surface area contributed by atoms with Gasteiger partial charge in [-0.25, -0.2) is 18.4 Å². The van der Waals surface area contributed by atoms with Crippen LogP contribution in [0, 0.1) is 11.6 Å². The molecular weight excluding hydrogens is 252 g/mol. The third kappa shape index (κ3) is 2.38. The number of carbonyl (C=O) groups is 1. The molecule has 0 amide bonds. The van der Waals surface area contributed by atoms with Gasteiger partial charge in [-0.2, -0.15) is 5.10 Å². The van der Waals surface area contributed by atoms with Crippen molar-refractivity contribution in [3.8, 4) is 5.69 Å². The molecule has 0 aliphatic carbocycles. The van der Waals surface area contributed by atoms with E-state index in [1.54, 1.807) is 0 Å². The highest BCUT2D eigenvalue weighted by molar-refractivity contribution is 5.75. The molecule has 0 spiro atoms. The van der Waals surface area contributed by atoms with Crippen LogP contribution in [0.5, 0.6) is 0 Å². The molecule has 2 aromatic rings. The third-order valence-corrected chi connectivity index (χ3v) is 2.74. The molecule has 1 aromatic heterocycles. The van der Waals surface area contributed by atoms with Crippen LogP contribution in [0.15, 0.2) is 12.1 Å². The van der Waals surface area contributed by atoms with Crippen LogP contribution in [0.1, 0.15) is 35.9 Å². The van der Waals surface area contributed by atoms with E-state index in [-0.39, 0.29) is 11.3 Å². The first-order valence-electron chi connectivity index (χ1n) is 6.00. The number of nitrogens with zero attached hydrogens (tertiary/aromatic N) is 3. The lowest BCUT2D eigenvalue weighted by Gasteiger charge is -2.07. The van der Waals surface area contributed by atoms with Gasteiger partial charge in [-0.05, 0) is 12.1 Å². The monoisotopic (exact) mass is 265 g/mol. The Kier molecular flexibility index (Phi) is 3.69. The second kappa shape index (κ2) is 5.26. The zero-order chi connectivity index (χ0) is 14.0. The SMILES string of the molecule is CCc1nc(CC)n(-c2c(F)cc(C=O)cc2F)n1. The van der Waals surface area contributed by atoms with Crippen molar-refractivity contribution in [2.24, 2.45) is 0 Å². The van der Waals surface area contributed by atoms with Crippen LogP contribution < -0.4 is 0 Å². The molecule has 1 heterocycles. The normalized spacial score (nSPS) is 10.7. The number of benzene rings is 1. The van der Waals surface area contributed by atoms with Crippen LogP contribution in [0.3, 0.4) is 0 Å². The molecule has 0 saturated carbocycles. The lowest BCUT2D eigenvalue weighted by atomic mass is 10.2. The van der Waals surface area contributed by atoms with Gasteiger partial charge >= 0.3 is 0 Å². The van der Waals surface area contributed by atoms with Gasteiger partial charge in [0, 0.05) is 18.4 Å². The topological polar surface area (TPSA) is 47.8 Å². The molecule has 4 nitrogen and oxygen atoms in total. The molecule has 0 atom stereocenters. The first-order chi connectivity index (χ1) is 9.10. The minimum Gasteiger partial charge on any atom is -0.298 e. The molecule has 2 rings (SSSR count). The molecule has 0 unspecified atom stereocenters. The zero-order valence-electron chi connectivity index (χ0n) is 10.7. The molecular formula is C13H13F2N3O. The Labute approximate surface area is 109 Å². The summed E-state index contributed by atoms with van der Waals surface area (Å²) in [6.07, 6.45) is 1.48. The number of carbonyl (C=O) groups excluding carboxylic acids is 1. The standard InChI is InChI=1S/C13H13F2N3O/c1-3-11-16-12(4-2)18(17-11)13-9(14)5-8(7-19)6-10(13)15/h5-7H,3-4H2,1-2H3. The maximum absolute atomic E-state index is 13.9. The van der Waals surface area contributed by atoms with Gasteiger partial charge in [0.1, 0.15) is 17.8 Å². The lowest BCUT2D eigenvalue weighted by Crippen LogP contribution is -2.08. The molecule has 1 aromatic carbocycles. The number of aryl methyl sites for hydroxylation is 2. The molecule has 0 radical (unpaired) electrons. The van der Waals surface area contributed by atoms with Crippen molar-refractivity contribution in [1.82, 2.24) is 14.8 Å². The highest BCUT2D eigenvalue weighted by atomic mass is 19.1. The molecule has 19 heavy (non-hydrogen) atoms. The maximum atomic E-state index is 13.9. The molecule has 6 heteroatoms. The van der Waals surface area contributed by atoms with Gasteiger partial charge in [-0.15, -0.1) is 0 Å². The van der Waals surface area contributed by atoms with Crippen molar-refractivity contribution in [2.45, 2.75) is 26.7 Å². The number of hydrogen-bond donors (Lipinski definition) is 0. The van der Waals surface area contributed by atoms with Crippen LogP contribution in [0.2, 0.25) is 0 Å². The van der Waals surface area contributed by atoms with E-state index in [0.717, 1.165) is 16.8 Å². The number of halogens is 2. The number of aldehydes is 1. The van der Waals surface area contributed by atoms with E-state index < -0.39 is 11.6 Å². The fraction of sp³-hybridized carbons (Fsp3) is 0.308. The average Bonchev–Trinajstić information content (AvgIpc) is 2.81. The fourth-order valence-electron chi connectivity index (χ4n) is 1.80. The van der Waals surface area contributed by atoms with Crippen molar-refractivity contribution in [3.63, 3.8) is 0 Å². The minimum atomic E-state index is -0.829. The van der Waals surface area contributed by atoms with Crippen LogP contribution in [0.4, 0.5) is 8.78 Å². The number of hydrogen-bond acceptors (Lipinski definition) is 3. The molecule has 0 N–H and O–H groups in total. The number of rotatable bonds is 4. The maximum Gasteiger partial charge on any atom is 0.152 e. The summed E-state index contributed by atoms with van der Waals surface area (Å²) in [7, 11) is 0. The predicted molar refractivity (Wildman–Crippen MR) is 65.4 cm³/mol. The summed E-state index contributed by atoms with van der Waals surface area (Å²) in [5, 5.41) is 4.08. The van der Waals surface area contributed by atoms with Gasteiger partial charge in [0.05, 0.1) is 0 Å². The van der Waals surface area contributed by atoms with E-state index in [9.17, 15) is 13.6 Å². The Morgan fingerprint density at radius 2 is 1.84 bits per heavy atom. The van der Waals surface area contributed by atoms with Gasteiger partial charge in [0.15, 0.2) is 17.5 Å². The summed E-state index contributed by atoms with van der Waals surface area (Å²) in [4.78, 5) is 14.8. The highest BCUT2D eigenvalue weighted by Crippen LogP contribution is 2.20. The van der Waals surface area contributed by atoms with E-state index in [2.05, 4.69) is 10.1 Å². The molecule has 0 aliphatic heterocycles. The molecule has 0 saturated heterocycles. The fourth-order valence-corrected chi connectivity index (χ4v) is 1.80. The van der Waals surface area contributed by atoms with Gasteiger partial charge in [-0.3, -0.25) is 4.79 Å². The molecule has 0 fully saturated rings. The van der Waals surface area contributed by atoms with E-state index in [1.807, 2.05) is 13.8 Å². The lowest BCUT2D eigenvalue weighted by molar-refractivity contribution is 0.112. The largest absolute Gasteiger partial charge is 0.298 e. The Bertz CT molecular complexity index is 599. The number of aromatic nitrogens is 3. The molecule has 100 valence electrons. The summed E-state index contributed by atoms with van der Waals surface area (Å²) in [5.41, 5.74) is -0.345. The summed E-state index contributed by atoms with van der Waals surface area (Å²) in [5.74, 6) is -0.655. The van der Waals surface area contributed by atoms with Gasteiger partial charge in [-0.1, -0.05) is 13.8 Å². The van der Waals surface area contributed by atoms with E-state index in [0.29, 0.717) is 30.8 Å². The predicted octanol–water partition coefficient (Wildman–Crippen LogP) is 2.48. The summed E-state index contributed by atoms with van der Waals surface area (Å²) >= 11 is 0. The second-order valence-corrected chi connectivity index (χ2v) is 4.01. The zero-order valence-corrected chi connectivity index (χ0v) is 10.7. The summed E-state index contributed by atoms with van der Waals surface area (Å²) in [6.45, 7) is 3.69. The van der Waals surface area contributed by atoms with Crippen molar-refractivity contribution < 1.29 is 13.6 Å². The third-order valence-electron chi connectivity index (χ3n) is 2.74. The summed E-state index contributed by atoms with van der Waals surface area (Å²) in [6, 6.07) is 1.97. The van der Waals surface area contributed by atoms with Crippen LogP contribution in [0.25, 0.3) is 5.69 Å². The van der Waals surface area contributed by atoms with Crippen LogP contribution in [-0.4, -0.2) is 21.1 Å². The van der Waals surface area contributed by atoms with Crippen molar-refractivity contribution in [1.29, 1.82) is 0 Å². The average molecular weight is 265 g/mol. The van der Waals surface area contributed by atoms with Crippen molar-refractivity contribution >= 4 is 6.29 Å². The highest BCUT2D eigenvalue weighted by Gasteiger charge is 2.18. The Morgan fingerprint density at radius 3 is 2.32 bits per heavy atom. The van der Waals surface area contributed by atoms with Crippen molar-refractivity contribution in [2.75, 3.05) is 0 Å². The van der Waals surface area contributed by atoms with E-state index in [1.165, 1.54) is 0 Å². The Hall–Kier alpha value is -2.11. The van der Waals surface area contributed by atoms with Gasteiger partial charge in [0.2, 0.25) is 0 Å².